The molecule has 7 heteroatoms. The lowest BCUT2D eigenvalue weighted by atomic mass is 10.0. The van der Waals surface area contributed by atoms with Crippen molar-refractivity contribution in [1.82, 2.24) is 9.55 Å². The van der Waals surface area contributed by atoms with Crippen LogP contribution in [0.2, 0.25) is 10.0 Å². The topological polar surface area (TPSA) is 62.8 Å². The van der Waals surface area contributed by atoms with Gasteiger partial charge < -0.3 is 5.21 Å². The minimum atomic E-state index is 0.370. The molecule has 130 valence electrons. The lowest BCUT2D eigenvalue weighted by Gasteiger charge is -2.14. The Morgan fingerprint density at radius 1 is 1.15 bits per heavy atom. The summed E-state index contributed by atoms with van der Waals surface area (Å²) in [6, 6.07) is 13.2. The standard InChI is InChI=1S/C19H14Cl2N4O/c1-11-24-16(9-23-26)18-10-22-19(13-4-2-3-5-15(13)21)14-8-12(20)6-7-17(14)25(11)18/h2-9,26H,10H2,1H3/b23-9-. The van der Waals surface area contributed by atoms with Crippen LogP contribution >= 0.6 is 23.2 Å². The van der Waals surface area contributed by atoms with E-state index in [1.165, 1.54) is 6.21 Å². The zero-order valence-electron chi connectivity index (χ0n) is 13.8. The first-order valence-electron chi connectivity index (χ1n) is 7.95. The normalized spacial score (nSPS) is 13.3. The summed E-state index contributed by atoms with van der Waals surface area (Å²) in [5, 5.41) is 13.3. The maximum atomic E-state index is 8.95. The van der Waals surface area contributed by atoms with Gasteiger partial charge in [-0.15, -0.1) is 0 Å². The van der Waals surface area contributed by atoms with Crippen LogP contribution in [0.1, 0.15) is 28.3 Å². The zero-order chi connectivity index (χ0) is 18.3. The first kappa shape index (κ1) is 16.8. The first-order chi connectivity index (χ1) is 12.6. The molecule has 26 heavy (non-hydrogen) atoms. The molecule has 0 amide bonds. The Hall–Kier alpha value is -2.63. The number of hydrogen-bond acceptors (Lipinski definition) is 4. The van der Waals surface area contributed by atoms with Gasteiger partial charge in [0.15, 0.2) is 0 Å². The average Bonchev–Trinajstić information content (AvgIpc) is 2.83. The van der Waals surface area contributed by atoms with Gasteiger partial charge in [0, 0.05) is 21.2 Å². The van der Waals surface area contributed by atoms with Crippen LogP contribution in [0.3, 0.4) is 0 Å². The molecule has 2 aromatic carbocycles. The van der Waals surface area contributed by atoms with Crippen LogP contribution in [0.25, 0.3) is 5.69 Å². The third-order valence-corrected chi connectivity index (χ3v) is 4.89. The Morgan fingerprint density at radius 3 is 2.73 bits per heavy atom. The highest BCUT2D eigenvalue weighted by atomic mass is 35.5. The first-order valence-corrected chi connectivity index (χ1v) is 8.71. The van der Waals surface area contributed by atoms with Crippen LogP contribution in [-0.2, 0) is 6.54 Å². The maximum Gasteiger partial charge on any atom is 0.111 e. The monoisotopic (exact) mass is 384 g/mol. The Labute approximate surface area is 160 Å². The third kappa shape index (κ3) is 2.69. The molecular formula is C19H14Cl2N4O. The minimum absolute atomic E-state index is 0.370. The van der Waals surface area contributed by atoms with Crippen LogP contribution in [0, 0.1) is 6.92 Å². The fourth-order valence-electron chi connectivity index (χ4n) is 3.24. The summed E-state index contributed by atoms with van der Waals surface area (Å²) in [5.41, 5.74) is 4.80. The molecule has 0 spiro atoms. The molecule has 0 fully saturated rings. The van der Waals surface area contributed by atoms with E-state index in [-0.39, 0.29) is 0 Å². The Balaban J connectivity index is 2.03. The van der Waals surface area contributed by atoms with E-state index in [0.717, 1.165) is 34.0 Å². The quantitative estimate of drug-likeness (QED) is 0.397. The number of halogens is 2. The third-order valence-electron chi connectivity index (χ3n) is 4.32. The number of benzene rings is 2. The van der Waals surface area contributed by atoms with Crippen molar-refractivity contribution in [3.05, 3.63) is 80.8 Å². The summed E-state index contributed by atoms with van der Waals surface area (Å²) in [7, 11) is 0. The molecule has 0 aliphatic carbocycles. The average molecular weight is 385 g/mol. The Morgan fingerprint density at radius 2 is 1.96 bits per heavy atom. The summed E-state index contributed by atoms with van der Waals surface area (Å²) in [6.07, 6.45) is 1.32. The van der Waals surface area contributed by atoms with Crippen molar-refractivity contribution < 1.29 is 5.21 Å². The number of nitrogens with zero attached hydrogens (tertiary/aromatic N) is 4. The summed E-state index contributed by atoms with van der Waals surface area (Å²) in [5.74, 6) is 0.772. The molecular weight excluding hydrogens is 371 g/mol. The van der Waals surface area contributed by atoms with Crippen molar-refractivity contribution in [3.8, 4) is 5.69 Å². The molecule has 0 bridgehead atoms. The van der Waals surface area contributed by atoms with E-state index in [1.807, 2.05) is 54.0 Å². The van der Waals surface area contributed by atoms with E-state index < -0.39 is 0 Å². The molecule has 0 unspecified atom stereocenters. The molecule has 0 saturated heterocycles. The largest absolute Gasteiger partial charge is 0.411 e. The van der Waals surface area contributed by atoms with E-state index in [9.17, 15) is 0 Å². The Kier molecular flexibility index (Phi) is 4.26. The fraction of sp³-hybridized carbons (Fsp3) is 0.105. The molecule has 1 N–H and O–H groups in total. The molecule has 4 rings (SSSR count). The van der Waals surface area contributed by atoms with Crippen LogP contribution < -0.4 is 0 Å². The van der Waals surface area contributed by atoms with Crippen molar-refractivity contribution in [3.63, 3.8) is 0 Å². The highest BCUT2D eigenvalue weighted by molar-refractivity contribution is 6.36. The van der Waals surface area contributed by atoms with Gasteiger partial charge in [0.1, 0.15) is 11.5 Å². The van der Waals surface area contributed by atoms with Crippen molar-refractivity contribution in [1.29, 1.82) is 0 Å². The second kappa shape index (κ2) is 6.59. The number of aryl methyl sites for hydroxylation is 1. The molecule has 1 aliphatic heterocycles. The molecule has 5 nitrogen and oxygen atoms in total. The zero-order valence-corrected chi connectivity index (χ0v) is 15.3. The maximum absolute atomic E-state index is 8.95. The van der Waals surface area contributed by atoms with Gasteiger partial charge in [-0.2, -0.15) is 0 Å². The molecule has 0 saturated carbocycles. The van der Waals surface area contributed by atoms with Gasteiger partial charge in [0.25, 0.3) is 0 Å². The number of imidazole rings is 1. The number of oxime groups is 1. The number of aromatic nitrogens is 2. The molecule has 1 aliphatic rings. The lowest BCUT2D eigenvalue weighted by molar-refractivity contribution is 0.321. The van der Waals surface area contributed by atoms with Gasteiger partial charge in [-0.05, 0) is 31.2 Å². The van der Waals surface area contributed by atoms with E-state index in [1.54, 1.807) is 0 Å². The molecule has 0 radical (unpaired) electrons. The number of aliphatic imine (C=N–C) groups is 1. The number of rotatable bonds is 2. The van der Waals surface area contributed by atoms with Crippen LogP contribution in [-0.4, -0.2) is 26.7 Å². The predicted molar refractivity (Wildman–Crippen MR) is 103 cm³/mol. The van der Waals surface area contributed by atoms with E-state index >= 15 is 0 Å². The van der Waals surface area contributed by atoms with Gasteiger partial charge in [0.05, 0.1) is 29.9 Å². The number of hydrogen-bond donors (Lipinski definition) is 1. The van der Waals surface area contributed by atoms with Crippen molar-refractivity contribution in [2.24, 2.45) is 10.1 Å². The van der Waals surface area contributed by atoms with E-state index in [2.05, 4.69) is 10.1 Å². The van der Waals surface area contributed by atoms with Crippen LogP contribution in [0.4, 0.5) is 0 Å². The molecule has 2 heterocycles. The smallest absolute Gasteiger partial charge is 0.111 e. The van der Waals surface area contributed by atoms with Gasteiger partial charge in [-0.1, -0.05) is 46.6 Å². The molecule has 0 atom stereocenters. The van der Waals surface area contributed by atoms with E-state index in [4.69, 9.17) is 33.4 Å². The molecule has 3 aromatic rings. The minimum Gasteiger partial charge on any atom is -0.411 e. The highest BCUT2D eigenvalue weighted by Crippen LogP contribution is 2.31. The van der Waals surface area contributed by atoms with Gasteiger partial charge in [-0.3, -0.25) is 9.56 Å². The Bertz CT molecular complexity index is 1070. The van der Waals surface area contributed by atoms with Crippen molar-refractivity contribution in [2.45, 2.75) is 13.5 Å². The van der Waals surface area contributed by atoms with E-state index in [0.29, 0.717) is 22.3 Å². The lowest BCUT2D eigenvalue weighted by Crippen LogP contribution is -2.08. The summed E-state index contributed by atoms with van der Waals surface area (Å²) >= 11 is 12.7. The van der Waals surface area contributed by atoms with Gasteiger partial charge in [-0.25, -0.2) is 4.98 Å². The van der Waals surface area contributed by atoms with Crippen LogP contribution in [0.15, 0.2) is 52.6 Å². The molecule has 1 aromatic heterocycles. The summed E-state index contributed by atoms with van der Waals surface area (Å²) in [4.78, 5) is 9.29. The predicted octanol–water partition coefficient (Wildman–Crippen LogP) is 4.65. The summed E-state index contributed by atoms with van der Waals surface area (Å²) < 4.78 is 2.01. The summed E-state index contributed by atoms with van der Waals surface area (Å²) in [6.45, 7) is 2.27. The van der Waals surface area contributed by atoms with Gasteiger partial charge >= 0.3 is 0 Å². The van der Waals surface area contributed by atoms with Crippen molar-refractivity contribution >= 4 is 35.1 Å². The SMILES string of the molecule is Cc1nc(/C=N\O)c2n1-c1ccc(Cl)cc1C(c1ccccc1Cl)=NC2. The second-order valence-electron chi connectivity index (χ2n) is 5.88. The van der Waals surface area contributed by atoms with Crippen molar-refractivity contribution in [2.75, 3.05) is 0 Å². The number of fused-ring (bicyclic) bond motifs is 3. The fourth-order valence-corrected chi connectivity index (χ4v) is 3.64. The van der Waals surface area contributed by atoms with Gasteiger partial charge in [0.2, 0.25) is 0 Å². The second-order valence-corrected chi connectivity index (χ2v) is 6.72. The van der Waals surface area contributed by atoms with Crippen LogP contribution in [0.5, 0.6) is 0 Å². The highest BCUT2D eigenvalue weighted by Gasteiger charge is 2.24.